The highest BCUT2D eigenvalue weighted by atomic mass is 16.5. The third-order valence-corrected chi connectivity index (χ3v) is 2.72. The monoisotopic (exact) mass is 267 g/mol. The van der Waals surface area contributed by atoms with E-state index in [0.29, 0.717) is 29.5 Å². The van der Waals surface area contributed by atoms with Gasteiger partial charge in [-0.05, 0) is 30.2 Å². The number of aliphatic carboxylic acids is 1. The van der Waals surface area contributed by atoms with Gasteiger partial charge in [0.25, 0.3) is 0 Å². The minimum absolute atomic E-state index is 0.377. The number of methoxy groups -OCH3 is 2. The fourth-order valence-electron chi connectivity index (χ4n) is 1.73. The van der Waals surface area contributed by atoms with Gasteiger partial charge < -0.3 is 19.9 Å². The lowest BCUT2D eigenvalue weighted by Gasteiger charge is -2.18. The molecule has 0 fully saturated rings. The lowest BCUT2D eigenvalue weighted by Crippen LogP contribution is -2.31. The molecule has 0 bridgehead atoms. The predicted molar refractivity (Wildman–Crippen MR) is 72.8 cm³/mol. The Hall–Kier alpha value is -1.75. The minimum atomic E-state index is -0.909. The maximum Gasteiger partial charge on any atom is 0.325 e. The molecule has 0 aliphatic rings. The van der Waals surface area contributed by atoms with Gasteiger partial charge in [-0.2, -0.15) is 0 Å². The second-order valence-electron chi connectivity index (χ2n) is 4.69. The number of hydrogen-bond donors (Lipinski definition) is 2. The van der Waals surface area contributed by atoms with E-state index >= 15 is 0 Å². The van der Waals surface area contributed by atoms with Crippen LogP contribution in [0.3, 0.4) is 0 Å². The Labute approximate surface area is 113 Å². The van der Waals surface area contributed by atoms with E-state index in [-0.39, 0.29) is 0 Å². The Morgan fingerprint density at radius 3 is 2.37 bits per heavy atom. The smallest absolute Gasteiger partial charge is 0.325 e. The first-order valence-electron chi connectivity index (χ1n) is 6.17. The van der Waals surface area contributed by atoms with Crippen molar-refractivity contribution < 1.29 is 19.4 Å². The lowest BCUT2D eigenvalue weighted by molar-refractivity contribution is -0.139. The van der Waals surface area contributed by atoms with Crippen molar-refractivity contribution in [1.29, 1.82) is 0 Å². The van der Waals surface area contributed by atoms with Crippen LogP contribution >= 0.6 is 0 Å². The summed E-state index contributed by atoms with van der Waals surface area (Å²) in [5.74, 6) is 0.576. The molecule has 0 aliphatic carbocycles. The molecule has 1 aromatic carbocycles. The molecule has 0 heterocycles. The van der Waals surface area contributed by atoms with Crippen molar-refractivity contribution in [2.75, 3.05) is 20.8 Å². The lowest BCUT2D eigenvalue weighted by atomic mass is 10.1. The van der Waals surface area contributed by atoms with Gasteiger partial charge in [0.05, 0.1) is 14.2 Å². The van der Waals surface area contributed by atoms with Crippen LogP contribution in [0.2, 0.25) is 0 Å². The normalized spacial score (nSPS) is 12.3. The highest BCUT2D eigenvalue weighted by Gasteiger charge is 2.21. The van der Waals surface area contributed by atoms with E-state index in [2.05, 4.69) is 5.32 Å². The summed E-state index contributed by atoms with van der Waals surface area (Å²) in [5.41, 5.74) is 0.644. The Balaban J connectivity index is 2.99. The number of benzene rings is 1. The first-order chi connectivity index (χ1) is 8.99. The van der Waals surface area contributed by atoms with Crippen molar-refractivity contribution >= 4 is 5.97 Å². The van der Waals surface area contributed by atoms with Crippen molar-refractivity contribution in [1.82, 2.24) is 5.32 Å². The van der Waals surface area contributed by atoms with Crippen molar-refractivity contribution in [3.05, 3.63) is 23.8 Å². The SMILES string of the molecule is COc1ccc(C(NCC(C)C)C(=O)O)cc1OC. The Morgan fingerprint density at radius 2 is 1.89 bits per heavy atom. The molecule has 1 atom stereocenters. The van der Waals surface area contributed by atoms with Gasteiger partial charge in [0, 0.05) is 0 Å². The largest absolute Gasteiger partial charge is 0.493 e. The van der Waals surface area contributed by atoms with Gasteiger partial charge in [-0.1, -0.05) is 19.9 Å². The van der Waals surface area contributed by atoms with E-state index in [4.69, 9.17) is 9.47 Å². The molecule has 19 heavy (non-hydrogen) atoms. The molecule has 0 aliphatic heterocycles. The summed E-state index contributed by atoms with van der Waals surface area (Å²) in [6, 6.07) is 4.38. The van der Waals surface area contributed by atoms with Gasteiger partial charge in [-0.25, -0.2) is 0 Å². The number of hydrogen-bond acceptors (Lipinski definition) is 4. The van der Waals surface area contributed by atoms with Crippen molar-refractivity contribution in [3.8, 4) is 11.5 Å². The first-order valence-corrected chi connectivity index (χ1v) is 6.17. The molecular weight excluding hydrogens is 246 g/mol. The summed E-state index contributed by atoms with van der Waals surface area (Å²) in [6.45, 7) is 4.69. The second-order valence-corrected chi connectivity index (χ2v) is 4.69. The number of rotatable bonds is 7. The summed E-state index contributed by atoms with van der Waals surface area (Å²) < 4.78 is 10.3. The molecule has 5 nitrogen and oxygen atoms in total. The highest BCUT2D eigenvalue weighted by molar-refractivity contribution is 5.76. The van der Waals surface area contributed by atoms with Gasteiger partial charge in [-0.3, -0.25) is 4.79 Å². The van der Waals surface area contributed by atoms with Gasteiger partial charge in [0.2, 0.25) is 0 Å². The molecule has 0 radical (unpaired) electrons. The summed E-state index contributed by atoms with van der Waals surface area (Å²) >= 11 is 0. The van der Waals surface area contributed by atoms with E-state index in [1.54, 1.807) is 25.3 Å². The third kappa shape index (κ3) is 4.13. The molecule has 5 heteroatoms. The summed E-state index contributed by atoms with van der Waals surface area (Å²) in [7, 11) is 3.07. The average Bonchev–Trinajstić information content (AvgIpc) is 2.37. The number of carbonyl (C=O) groups is 1. The molecule has 0 saturated heterocycles. The number of ether oxygens (including phenoxy) is 2. The minimum Gasteiger partial charge on any atom is -0.493 e. The summed E-state index contributed by atoms with van der Waals surface area (Å²) in [4.78, 5) is 11.3. The van der Waals surface area contributed by atoms with Crippen LogP contribution in [0, 0.1) is 5.92 Å². The molecule has 0 aromatic heterocycles. The van der Waals surface area contributed by atoms with Gasteiger partial charge in [0.1, 0.15) is 6.04 Å². The molecule has 1 unspecified atom stereocenters. The Kier molecular flexibility index (Phi) is 5.63. The fourth-order valence-corrected chi connectivity index (χ4v) is 1.73. The van der Waals surface area contributed by atoms with Gasteiger partial charge >= 0.3 is 5.97 Å². The van der Waals surface area contributed by atoms with Crippen molar-refractivity contribution in [3.63, 3.8) is 0 Å². The quantitative estimate of drug-likeness (QED) is 0.791. The average molecular weight is 267 g/mol. The summed E-state index contributed by atoms with van der Waals surface area (Å²) in [5, 5.41) is 12.3. The van der Waals surface area contributed by atoms with Gasteiger partial charge in [0.15, 0.2) is 11.5 Å². The molecule has 106 valence electrons. The molecule has 0 saturated carbocycles. The van der Waals surface area contributed by atoms with Crippen LogP contribution < -0.4 is 14.8 Å². The fraction of sp³-hybridized carbons (Fsp3) is 0.500. The van der Waals surface area contributed by atoms with Crippen LogP contribution in [0.15, 0.2) is 18.2 Å². The van der Waals surface area contributed by atoms with Crippen LogP contribution in [0.5, 0.6) is 11.5 Å². The molecule has 2 N–H and O–H groups in total. The van der Waals surface area contributed by atoms with Crippen LogP contribution in [0.25, 0.3) is 0 Å². The Bertz CT molecular complexity index is 431. The summed E-state index contributed by atoms with van der Waals surface area (Å²) in [6.07, 6.45) is 0. The maximum absolute atomic E-state index is 11.3. The van der Waals surface area contributed by atoms with Crippen LogP contribution in [0.4, 0.5) is 0 Å². The first kappa shape index (κ1) is 15.3. The zero-order chi connectivity index (χ0) is 14.4. The van der Waals surface area contributed by atoms with E-state index < -0.39 is 12.0 Å². The molecule has 1 rings (SSSR count). The standard InChI is InChI=1S/C14H21NO4/c1-9(2)8-15-13(14(16)17)10-5-6-11(18-3)12(7-10)19-4/h5-7,9,13,15H,8H2,1-4H3,(H,16,17). The topological polar surface area (TPSA) is 67.8 Å². The zero-order valence-electron chi connectivity index (χ0n) is 11.8. The maximum atomic E-state index is 11.3. The highest BCUT2D eigenvalue weighted by Crippen LogP contribution is 2.30. The zero-order valence-corrected chi connectivity index (χ0v) is 11.8. The number of nitrogens with one attached hydrogen (secondary N) is 1. The number of carboxylic acids is 1. The second kappa shape index (κ2) is 6.99. The molecule has 0 amide bonds. The van der Waals surface area contributed by atoms with Crippen LogP contribution in [0.1, 0.15) is 25.5 Å². The molecule has 1 aromatic rings. The predicted octanol–water partition coefficient (Wildman–Crippen LogP) is 2.08. The van der Waals surface area contributed by atoms with E-state index in [9.17, 15) is 9.90 Å². The molecular formula is C14H21NO4. The van der Waals surface area contributed by atoms with Gasteiger partial charge in [-0.15, -0.1) is 0 Å². The van der Waals surface area contributed by atoms with Crippen LogP contribution in [-0.4, -0.2) is 31.8 Å². The van der Waals surface area contributed by atoms with E-state index in [1.165, 1.54) is 7.11 Å². The van der Waals surface area contributed by atoms with E-state index in [0.717, 1.165) is 0 Å². The third-order valence-electron chi connectivity index (χ3n) is 2.72. The van der Waals surface area contributed by atoms with Crippen molar-refractivity contribution in [2.24, 2.45) is 5.92 Å². The Morgan fingerprint density at radius 1 is 1.26 bits per heavy atom. The van der Waals surface area contributed by atoms with Crippen molar-refractivity contribution in [2.45, 2.75) is 19.9 Å². The number of carboxylic acid groups (broad SMARTS) is 1. The van der Waals surface area contributed by atoms with E-state index in [1.807, 2.05) is 13.8 Å². The van der Waals surface area contributed by atoms with Crippen LogP contribution in [-0.2, 0) is 4.79 Å². The molecule has 0 spiro atoms.